The first-order valence-electron chi connectivity index (χ1n) is 17.9. The Balaban J connectivity index is 1.34. The number of aromatic nitrogens is 3. The molecule has 1 aromatic heterocycles. The number of nitrogens with zero attached hydrogens (tertiary/aromatic N) is 5. The largest absolute Gasteiger partial charge is 0.457 e. The number of anilines is 3. The number of hydrogen-bond donors (Lipinski definition) is 0. The van der Waals surface area contributed by atoms with Crippen molar-refractivity contribution in [2.75, 3.05) is 4.90 Å². The van der Waals surface area contributed by atoms with Gasteiger partial charge in [0.2, 0.25) is 0 Å². The van der Waals surface area contributed by atoms with Gasteiger partial charge < -0.3 is 9.64 Å². The third kappa shape index (κ3) is 6.25. The fraction of sp³-hybridized carbons (Fsp3) is 0.0417. The molecule has 6 heteroatoms. The first-order chi connectivity index (χ1) is 26.7. The molecule has 256 valence electrons. The monoisotopic (exact) mass is 695 g/mol. The lowest BCUT2D eigenvalue weighted by atomic mass is 9.96. The van der Waals surface area contributed by atoms with E-state index in [9.17, 15) is 5.26 Å². The lowest BCUT2D eigenvalue weighted by Gasteiger charge is -2.32. The standard InChI is InChI=1S/C48H33N5O/c49-32-39-24-15-27-42(45(39)48-51-46(33-16-3-1-4-17-33)50-47(52-48)34-18-5-2-6-19-34)53-40-25-11-7-20-35(40)30-37-22-9-13-28-43(37)54-44-29-14-10-23-38(44)31-36-21-8-12-26-41(36)53/h1-29H,30-31H2. The third-order valence-electron chi connectivity index (χ3n) is 9.72. The van der Waals surface area contributed by atoms with Gasteiger partial charge in [-0.15, -0.1) is 0 Å². The highest BCUT2D eigenvalue weighted by molar-refractivity contribution is 5.91. The molecule has 0 amide bonds. The maximum atomic E-state index is 10.8. The fourth-order valence-electron chi connectivity index (χ4n) is 7.15. The van der Waals surface area contributed by atoms with Crippen LogP contribution in [0.15, 0.2) is 176 Å². The number of ether oxygens (including phenoxy) is 1. The van der Waals surface area contributed by atoms with Gasteiger partial charge in [0.1, 0.15) is 11.5 Å². The molecule has 0 saturated heterocycles. The average Bonchev–Trinajstić information content (AvgIpc) is 3.23. The number of nitriles is 1. The first kappa shape index (κ1) is 32.5. The lowest BCUT2D eigenvalue weighted by molar-refractivity contribution is 0.472. The van der Waals surface area contributed by atoms with Crippen LogP contribution in [0.1, 0.15) is 27.8 Å². The van der Waals surface area contributed by atoms with Crippen molar-refractivity contribution in [1.82, 2.24) is 15.0 Å². The molecule has 0 spiro atoms. The van der Waals surface area contributed by atoms with E-state index in [1.165, 1.54) is 0 Å². The highest BCUT2D eigenvalue weighted by atomic mass is 16.5. The van der Waals surface area contributed by atoms with Crippen LogP contribution in [0.25, 0.3) is 34.2 Å². The minimum absolute atomic E-state index is 0.417. The lowest BCUT2D eigenvalue weighted by Crippen LogP contribution is -2.17. The Bertz CT molecular complexity index is 2520. The second-order valence-corrected chi connectivity index (χ2v) is 13.1. The molecular weight excluding hydrogens is 663 g/mol. The number of rotatable bonds is 4. The summed E-state index contributed by atoms with van der Waals surface area (Å²) in [5.41, 5.74) is 9.86. The number of para-hydroxylation sites is 4. The second-order valence-electron chi connectivity index (χ2n) is 13.1. The molecule has 0 bridgehead atoms. The quantitative estimate of drug-likeness (QED) is 0.182. The zero-order chi connectivity index (χ0) is 36.3. The van der Waals surface area contributed by atoms with Gasteiger partial charge in [-0.2, -0.15) is 5.26 Å². The van der Waals surface area contributed by atoms with Gasteiger partial charge in [-0.3, -0.25) is 0 Å². The topological polar surface area (TPSA) is 74.9 Å². The summed E-state index contributed by atoms with van der Waals surface area (Å²) in [5.74, 6) is 3.11. The number of hydrogen-bond acceptors (Lipinski definition) is 6. The third-order valence-corrected chi connectivity index (χ3v) is 9.72. The van der Waals surface area contributed by atoms with E-state index in [1.54, 1.807) is 0 Å². The van der Waals surface area contributed by atoms with Crippen LogP contribution < -0.4 is 9.64 Å². The molecule has 0 unspecified atom stereocenters. The van der Waals surface area contributed by atoms with Crippen molar-refractivity contribution >= 4 is 17.1 Å². The molecule has 0 aliphatic carbocycles. The predicted octanol–water partition coefficient (Wildman–Crippen LogP) is 11.5. The van der Waals surface area contributed by atoms with Crippen molar-refractivity contribution in [2.45, 2.75) is 12.8 Å². The molecule has 0 N–H and O–H groups in total. The Labute approximate surface area is 314 Å². The van der Waals surface area contributed by atoms with Gasteiger partial charge in [0, 0.05) is 35.3 Å². The van der Waals surface area contributed by atoms with E-state index < -0.39 is 0 Å². The summed E-state index contributed by atoms with van der Waals surface area (Å²) < 4.78 is 6.69. The van der Waals surface area contributed by atoms with Crippen LogP contribution in [0.4, 0.5) is 17.1 Å². The zero-order valence-corrected chi connectivity index (χ0v) is 29.3. The van der Waals surface area contributed by atoms with Crippen LogP contribution in [0.2, 0.25) is 0 Å². The van der Waals surface area contributed by atoms with E-state index in [2.05, 4.69) is 89.8 Å². The molecule has 2 heterocycles. The summed E-state index contributed by atoms with van der Waals surface area (Å²) in [6, 6.07) is 61.5. The van der Waals surface area contributed by atoms with Crippen molar-refractivity contribution in [3.63, 3.8) is 0 Å². The van der Waals surface area contributed by atoms with Crippen molar-refractivity contribution in [1.29, 1.82) is 5.26 Å². The number of benzene rings is 7. The average molecular weight is 696 g/mol. The molecular formula is C48H33N5O. The molecule has 9 rings (SSSR count). The SMILES string of the molecule is N#Cc1cccc(N2c3ccccc3Cc3ccccc3Oc3ccccc3Cc3ccccc32)c1-c1nc(-c2ccccc2)nc(-c2ccccc2)n1. The zero-order valence-electron chi connectivity index (χ0n) is 29.3. The Hall–Kier alpha value is -7.36. The highest BCUT2D eigenvalue weighted by Gasteiger charge is 2.27. The Morgan fingerprint density at radius 1 is 0.426 bits per heavy atom. The van der Waals surface area contributed by atoms with E-state index >= 15 is 0 Å². The maximum Gasteiger partial charge on any atom is 0.167 e. The van der Waals surface area contributed by atoms with E-state index in [0.717, 1.165) is 61.9 Å². The molecule has 0 fully saturated rings. The first-order valence-corrected chi connectivity index (χ1v) is 17.9. The molecule has 0 saturated carbocycles. The smallest absolute Gasteiger partial charge is 0.167 e. The van der Waals surface area contributed by atoms with Crippen LogP contribution in [-0.2, 0) is 12.8 Å². The van der Waals surface area contributed by atoms with Crippen LogP contribution >= 0.6 is 0 Å². The van der Waals surface area contributed by atoms with Crippen LogP contribution in [0.5, 0.6) is 11.5 Å². The summed E-state index contributed by atoms with van der Waals surface area (Å²) in [4.78, 5) is 17.5. The van der Waals surface area contributed by atoms with E-state index in [4.69, 9.17) is 19.7 Å². The molecule has 8 aromatic rings. The molecule has 54 heavy (non-hydrogen) atoms. The molecule has 1 aliphatic heterocycles. The predicted molar refractivity (Wildman–Crippen MR) is 214 cm³/mol. The van der Waals surface area contributed by atoms with Crippen molar-refractivity contribution in [3.05, 3.63) is 204 Å². The summed E-state index contributed by atoms with van der Waals surface area (Å²) >= 11 is 0. The summed E-state index contributed by atoms with van der Waals surface area (Å²) in [6.45, 7) is 0. The van der Waals surface area contributed by atoms with Crippen molar-refractivity contribution in [2.24, 2.45) is 0 Å². The van der Waals surface area contributed by atoms with Crippen LogP contribution in [0, 0.1) is 11.3 Å². The van der Waals surface area contributed by atoms with Gasteiger partial charge in [-0.1, -0.05) is 140 Å². The van der Waals surface area contributed by atoms with Gasteiger partial charge >= 0.3 is 0 Å². The van der Waals surface area contributed by atoms with Gasteiger partial charge in [0.15, 0.2) is 17.5 Å². The van der Waals surface area contributed by atoms with Crippen LogP contribution in [0.3, 0.4) is 0 Å². The molecule has 6 nitrogen and oxygen atoms in total. The highest BCUT2D eigenvalue weighted by Crippen LogP contribution is 2.46. The molecule has 0 radical (unpaired) electrons. The maximum absolute atomic E-state index is 10.8. The van der Waals surface area contributed by atoms with Gasteiger partial charge in [0.05, 0.1) is 22.9 Å². The molecule has 1 aliphatic rings. The molecule has 0 atom stereocenters. The normalized spacial score (nSPS) is 12.0. The Morgan fingerprint density at radius 3 is 1.37 bits per heavy atom. The Kier molecular flexibility index (Phi) is 8.64. The van der Waals surface area contributed by atoms with E-state index in [1.807, 2.05) is 97.1 Å². The molecule has 7 aromatic carbocycles. The minimum atomic E-state index is 0.417. The van der Waals surface area contributed by atoms with E-state index in [-0.39, 0.29) is 0 Å². The number of fused-ring (bicyclic) bond motifs is 4. The van der Waals surface area contributed by atoms with Crippen LogP contribution in [-0.4, -0.2) is 15.0 Å². The second kappa shape index (κ2) is 14.3. The fourth-order valence-corrected chi connectivity index (χ4v) is 7.15. The summed E-state index contributed by atoms with van der Waals surface area (Å²) in [6.07, 6.45) is 1.23. The minimum Gasteiger partial charge on any atom is -0.457 e. The van der Waals surface area contributed by atoms with E-state index in [0.29, 0.717) is 41.4 Å². The van der Waals surface area contributed by atoms with Gasteiger partial charge in [-0.05, 0) is 58.7 Å². The summed E-state index contributed by atoms with van der Waals surface area (Å²) in [7, 11) is 0. The van der Waals surface area contributed by atoms with Gasteiger partial charge in [-0.25, -0.2) is 15.0 Å². The van der Waals surface area contributed by atoms with Gasteiger partial charge in [0.25, 0.3) is 0 Å². The Morgan fingerprint density at radius 2 is 0.852 bits per heavy atom. The van der Waals surface area contributed by atoms with Crippen molar-refractivity contribution < 1.29 is 4.74 Å². The van der Waals surface area contributed by atoms with Crippen molar-refractivity contribution in [3.8, 4) is 51.7 Å². The summed E-state index contributed by atoms with van der Waals surface area (Å²) in [5, 5.41) is 10.8.